The summed E-state index contributed by atoms with van der Waals surface area (Å²) in [5.74, 6) is 1.69. The zero-order chi connectivity index (χ0) is 14.5. The summed E-state index contributed by atoms with van der Waals surface area (Å²) in [5.41, 5.74) is 1.23. The second-order valence-corrected chi connectivity index (χ2v) is 6.94. The van der Waals surface area contributed by atoms with E-state index in [0.717, 1.165) is 22.5 Å². The molecule has 0 radical (unpaired) electrons. The Morgan fingerprint density at radius 2 is 1.75 bits per heavy atom. The first-order chi connectivity index (χ1) is 9.54. The average molecular weight is 446 g/mol. The highest BCUT2D eigenvalue weighted by Gasteiger charge is 2.04. The molecule has 2 rings (SSSR count). The van der Waals surface area contributed by atoms with Gasteiger partial charge in [-0.3, -0.25) is 0 Å². The van der Waals surface area contributed by atoms with E-state index in [1.54, 1.807) is 0 Å². The van der Waals surface area contributed by atoms with Crippen molar-refractivity contribution in [2.24, 2.45) is 0 Å². The molecule has 0 heterocycles. The number of nitrogens with one attached hydrogen (secondary N) is 1. The Morgan fingerprint density at radius 1 is 1.10 bits per heavy atom. The van der Waals surface area contributed by atoms with E-state index < -0.39 is 0 Å². The summed E-state index contributed by atoms with van der Waals surface area (Å²) >= 11 is 5.88. The molecule has 0 unspecified atom stereocenters. The van der Waals surface area contributed by atoms with Crippen LogP contribution in [-0.4, -0.2) is 6.04 Å². The second-order valence-electron chi connectivity index (χ2n) is 4.84. The van der Waals surface area contributed by atoms with Crippen LogP contribution in [0, 0.1) is 3.57 Å². The molecule has 2 nitrogen and oxygen atoms in total. The third-order valence-electron chi connectivity index (χ3n) is 2.77. The van der Waals surface area contributed by atoms with Gasteiger partial charge in [-0.1, -0.05) is 35.8 Å². The fourth-order valence-electron chi connectivity index (χ4n) is 1.69. The zero-order valence-corrected chi connectivity index (χ0v) is 15.2. The summed E-state index contributed by atoms with van der Waals surface area (Å²) < 4.78 is 8.10. The molecule has 0 aliphatic rings. The molecule has 4 heteroatoms. The first-order valence-electron chi connectivity index (χ1n) is 6.50. The van der Waals surface area contributed by atoms with Gasteiger partial charge in [0.15, 0.2) is 0 Å². The Morgan fingerprint density at radius 3 is 2.35 bits per heavy atom. The largest absolute Gasteiger partial charge is 0.457 e. The predicted octanol–water partition coefficient (Wildman–Crippen LogP) is 5.34. The van der Waals surface area contributed by atoms with Crippen molar-refractivity contribution in [3.8, 4) is 11.5 Å². The highest BCUT2D eigenvalue weighted by atomic mass is 127. The van der Waals surface area contributed by atoms with Gasteiger partial charge in [0, 0.05) is 20.6 Å². The van der Waals surface area contributed by atoms with Crippen molar-refractivity contribution in [2.75, 3.05) is 0 Å². The minimum absolute atomic E-state index is 0.476. The molecule has 0 aliphatic heterocycles. The molecule has 106 valence electrons. The van der Waals surface area contributed by atoms with Crippen LogP contribution >= 0.6 is 38.5 Å². The fraction of sp³-hybridized carbons (Fsp3) is 0.250. The maximum Gasteiger partial charge on any atom is 0.128 e. The molecule has 0 atom stereocenters. The van der Waals surface area contributed by atoms with Crippen molar-refractivity contribution in [1.29, 1.82) is 0 Å². The van der Waals surface area contributed by atoms with Crippen LogP contribution in [0.2, 0.25) is 0 Å². The molecule has 20 heavy (non-hydrogen) atoms. The van der Waals surface area contributed by atoms with Gasteiger partial charge in [-0.05, 0) is 64.6 Å². The van der Waals surface area contributed by atoms with Crippen LogP contribution in [0.15, 0.2) is 46.9 Å². The predicted molar refractivity (Wildman–Crippen MR) is 95.4 cm³/mol. The fourth-order valence-corrected chi connectivity index (χ4v) is 2.55. The summed E-state index contributed by atoms with van der Waals surface area (Å²) in [4.78, 5) is 0. The first kappa shape index (κ1) is 15.8. The molecule has 0 fully saturated rings. The number of rotatable bonds is 5. The van der Waals surface area contributed by atoms with Crippen molar-refractivity contribution in [1.82, 2.24) is 5.32 Å². The normalized spacial score (nSPS) is 10.8. The Labute approximate surface area is 142 Å². The van der Waals surface area contributed by atoms with Gasteiger partial charge >= 0.3 is 0 Å². The van der Waals surface area contributed by atoms with E-state index in [0.29, 0.717) is 6.04 Å². The molecule has 0 spiro atoms. The van der Waals surface area contributed by atoms with Gasteiger partial charge in [-0.25, -0.2) is 0 Å². The monoisotopic (exact) mass is 445 g/mol. The lowest BCUT2D eigenvalue weighted by Gasteiger charge is -2.11. The average Bonchev–Trinajstić information content (AvgIpc) is 2.40. The van der Waals surface area contributed by atoms with Gasteiger partial charge in [0.25, 0.3) is 0 Å². The lowest BCUT2D eigenvalue weighted by molar-refractivity contribution is 0.481. The van der Waals surface area contributed by atoms with Crippen molar-refractivity contribution < 1.29 is 4.74 Å². The van der Waals surface area contributed by atoms with Crippen LogP contribution < -0.4 is 10.1 Å². The Balaban J connectivity index is 2.06. The summed E-state index contributed by atoms with van der Waals surface area (Å²) in [6.07, 6.45) is 0. The molecular weight excluding hydrogens is 429 g/mol. The number of hydrogen-bond acceptors (Lipinski definition) is 2. The van der Waals surface area contributed by atoms with Crippen molar-refractivity contribution >= 4 is 38.5 Å². The first-order valence-corrected chi connectivity index (χ1v) is 8.37. The molecule has 0 bridgehead atoms. The van der Waals surface area contributed by atoms with Crippen LogP contribution in [-0.2, 0) is 6.54 Å². The molecule has 0 aromatic heterocycles. The minimum atomic E-state index is 0.476. The lowest BCUT2D eigenvalue weighted by Crippen LogP contribution is -2.21. The molecule has 0 amide bonds. The molecule has 2 aromatic carbocycles. The van der Waals surface area contributed by atoms with E-state index in [2.05, 4.69) is 63.8 Å². The van der Waals surface area contributed by atoms with E-state index in [1.807, 2.05) is 36.4 Å². The molecule has 0 saturated heterocycles. The maximum absolute atomic E-state index is 5.84. The number of benzene rings is 2. The van der Waals surface area contributed by atoms with Crippen LogP contribution in [0.5, 0.6) is 11.5 Å². The van der Waals surface area contributed by atoms with E-state index >= 15 is 0 Å². The Hall–Kier alpha value is -0.590. The number of ether oxygens (including phenoxy) is 1. The summed E-state index contributed by atoms with van der Waals surface area (Å²) in [6, 6.07) is 14.6. The van der Waals surface area contributed by atoms with Crippen molar-refractivity contribution in [3.63, 3.8) is 0 Å². The highest BCUT2D eigenvalue weighted by molar-refractivity contribution is 14.1. The van der Waals surface area contributed by atoms with E-state index in [4.69, 9.17) is 4.74 Å². The SMILES string of the molecule is CC(C)NCc1ccc(Oc2ccc(I)cc2)cc1Br. The molecule has 2 aromatic rings. The Kier molecular flexibility index (Phi) is 5.86. The van der Waals surface area contributed by atoms with E-state index in [1.165, 1.54) is 9.13 Å². The van der Waals surface area contributed by atoms with Crippen molar-refractivity contribution in [3.05, 3.63) is 56.1 Å². The van der Waals surface area contributed by atoms with Gasteiger partial charge < -0.3 is 10.1 Å². The van der Waals surface area contributed by atoms with Gasteiger partial charge in [0.05, 0.1) is 0 Å². The van der Waals surface area contributed by atoms with Gasteiger partial charge in [-0.2, -0.15) is 0 Å². The molecule has 1 N–H and O–H groups in total. The number of hydrogen-bond donors (Lipinski definition) is 1. The lowest BCUT2D eigenvalue weighted by atomic mass is 10.2. The van der Waals surface area contributed by atoms with E-state index in [-0.39, 0.29) is 0 Å². The smallest absolute Gasteiger partial charge is 0.128 e. The summed E-state index contributed by atoms with van der Waals surface area (Å²) in [5, 5.41) is 3.41. The summed E-state index contributed by atoms with van der Waals surface area (Å²) in [7, 11) is 0. The quantitative estimate of drug-likeness (QED) is 0.627. The molecular formula is C16H17BrINO. The summed E-state index contributed by atoms with van der Waals surface area (Å²) in [6.45, 7) is 5.13. The maximum atomic E-state index is 5.84. The van der Waals surface area contributed by atoms with Crippen LogP contribution in [0.1, 0.15) is 19.4 Å². The van der Waals surface area contributed by atoms with Gasteiger partial charge in [-0.15, -0.1) is 0 Å². The van der Waals surface area contributed by atoms with Crippen LogP contribution in [0.25, 0.3) is 0 Å². The van der Waals surface area contributed by atoms with Crippen molar-refractivity contribution in [2.45, 2.75) is 26.4 Å². The van der Waals surface area contributed by atoms with E-state index in [9.17, 15) is 0 Å². The third kappa shape index (κ3) is 4.75. The number of halogens is 2. The Bertz CT molecular complexity index is 569. The zero-order valence-electron chi connectivity index (χ0n) is 11.5. The van der Waals surface area contributed by atoms with Crippen LogP contribution in [0.4, 0.5) is 0 Å². The molecule has 0 aliphatic carbocycles. The minimum Gasteiger partial charge on any atom is -0.457 e. The third-order valence-corrected chi connectivity index (χ3v) is 4.23. The second kappa shape index (κ2) is 7.43. The standard InChI is InChI=1S/C16H17BrINO/c1-11(2)19-10-12-3-6-15(9-16(12)17)20-14-7-4-13(18)5-8-14/h3-9,11,19H,10H2,1-2H3. The molecule has 0 saturated carbocycles. The highest BCUT2D eigenvalue weighted by Crippen LogP contribution is 2.27. The van der Waals surface area contributed by atoms with Gasteiger partial charge in [0.2, 0.25) is 0 Å². The van der Waals surface area contributed by atoms with Crippen LogP contribution in [0.3, 0.4) is 0 Å². The topological polar surface area (TPSA) is 21.3 Å². The van der Waals surface area contributed by atoms with Gasteiger partial charge in [0.1, 0.15) is 11.5 Å².